The molecule has 2 fully saturated rings. The summed E-state index contributed by atoms with van der Waals surface area (Å²) in [5.74, 6) is 0.253. The Morgan fingerprint density at radius 1 is 1.19 bits per heavy atom. The van der Waals surface area contributed by atoms with Crippen molar-refractivity contribution in [2.24, 2.45) is 11.8 Å². The smallest absolute Gasteiger partial charge is 0.407 e. The number of carbonyl (C=O) groups is 3. The molecule has 7 nitrogen and oxygen atoms in total. The quantitative estimate of drug-likeness (QED) is 0.703. The van der Waals surface area contributed by atoms with Crippen molar-refractivity contribution in [1.29, 1.82) is 0 Å². The maximum atomic E-state index is 12.6. The average Bonchev–Trinajstić information content (AvgIpc) is 3.41. The summed E-state index contributed by atoms with van der Waals surface area (Å²) in [5.41, 5.74) is -0.542. The molecule has 1 unspecified atom stereocenters. The number of alkyl carbamates (subject to hydrolysis) is 1. The molecule has 1 aliphatic heterocycles. The maximum Gasteiger partial charge on any atom is 0.407 e. The van der Waals surface area contributed by atoms with E-state index in [1.54, 1.807) is 4.90 Å². The molecule has 1 heterocycles. The molecule has 0 spiro atoms. The van der Waals surface area contributed by atoms with Crippen LogP contribution in [0.15, 0.2) is 12.7 Å². The lowest BCUT2D eigenvalue weighted by atomic mass is 9.95. The molecule has 0 bridgehead atoms. The summed E-state index contributed by atoms with van der Waals surface area (Å²) in [6.45, 7) is 10.5. The first-order valence-electron chi connectivity index (χ1n) is 9.38. The Hall–Kier alpha value is -2.05. The Labute approximate surface area is 155 Å². The number of rotatable bonds is 6. The van der Waals surface area contributed by atoms with Gasteiger partial charge >= 0.3 is 6.09 Å². The van der Waals surface area contributed by atoms with Crippen molar-refractivity contribution in [2.45, 2.75) is 58.1 Å². The lowest BCUT2D eigenvalue weighted by Crippen LogP contribution is -2.49. The van der Waals surface area contributed by atoms with E-state index >= 15 is 0 Å². The molecule has 1 aliphatic carbocycles. The highest BCUT2D eigenvalue weighted by Crippen LogP contribution is 2.33. The van der Waals surface area contributed by atoms with E-state index in [1.807, 2.05) is 20.8 Å². The molecule has 2 N–H and O–H groups in total. The van der Waals surface area contributed by atoms with Crippen LogP contribution in [0.5, 0.6) is 0 Å². The fraction of sp³-hybridized carbons (Fsp3) is 0.737. The predicted octanol–water partition coefficient (Wildman–Crippen LogP) is 1.83. The average molecular weight is 365 g/mol. The number of amides is 3. The minimum atomic E-state index is -0.542. The Kier molecular flexibility index (Phi) is 6.67. The van der Waals surface area contributed by atoms with Crippen molar-refractivity contribution in [3.63, 3.8) is 0 Å². The van der Waals surface area contributed by atoms with Crippen molar-refractivity contribution in [1.82, 2.24) is 15.5 Å². The SMILES string of the molecule is C=CC(=O)N1CCC(C(=O)NC(CNC(=O)OC(C)(C)C)C2CC2)CC1. The molecule has 0 aromatic rings. The first-order valence-corrected chi connectivity index (χ1v) is 9.38. The van der Waals surface area contributed by atoms with Crippen LogP contribution < -0.4 is 10.6 Å². The summed E-state index contributed by atoms with van der Waals surface area (Å²) in [6, 6.07) is -0.0668. The van der Waals surface area contributed by atoms with E-state index in [2.05, 4.69) is 17.2 Å². The van der Waals surface area contributed by atoms with Crippen molar-refractivity contribution in [3.8, 4) is 0 Å². The summed E-state index contributed by atoms with van der Waals surface area (Å²) in [6.07, 6.45) is 4.28. The first kappa shape index (κ1) is 20.3. The Balaban J connectivity index is 1.79. The van der Waals surface area contributed by atoms with Gasteiger partial charge in [-0.05, 0) is 58.4 Å². The third kappa shape index (κ3) is 6.35. The van der Waals surface area contributed by atoms with Crippen LogP contribution in [-0.4, -0.2) is 54.1 Å². The normalized spacial score (nSPS) is 19.4. The zero-order valence-corrected chi connectivity index (χ0v) is 16.0. The van der Waals surface area contributed by atoms with Gasteiger partial charge in [-0.25, -0.2) is 4.79 Å². The number of likely N-dealkylation sites (tertiary alicyclic amines) is 1. The van der Waals surface area contributed by atoms with Crippen molar-refractivity contribution >= 4 is 17.9 Å². The number of piperidine rings is 1. The summed E-state index contributed by atoms with van der Waals surface area (Å²) in [4.78, 5) is 37.8. The molecular formula is C19H31N3O4. The van der Waals surface area contributed by atoms with E-state index in [0.29, 0.717) is 38.4 Å². The Morgan fingerprint density at radius 3 is 2.31 bits per heavy atom. The third-order valence-corrected chi connectivity index (χ3v) is 4.74. The van der Waals surface area contributed by atoms with Crippen LogP contribution in [0.4, 0.5) is 4.79 Å². The summed E-state index contributed by atoms with van der Waals surface area (Å²) >= 11 is 0. The highest BCUT2D eigenvalue weighted by Gasteiger charge is 2.35. The zero-order chi connectivity index (χ0) is 19.3. The molecular weight excluding hydrogens is 334 g/mol. The van der Waals surface area contributed by atoms with Crippen LogP contribution >= 0.6 is 0 Å². The van der Waals surface area contributed by atoms with Gasteiger partial charge in [-0.2, -0.15) is 0 Å². The van der Waals surface area contributed by atoms with Gasteiger partial charge in [0.05, 0.1) is 0 Å². The Morgan fingerprint density at radius 2 is 1.81 bits per heavy atom. The number of nitrogens with one attached hydrogen (secondary N) is 2. The van der Waals surface area contributed by atoms with Gasteiger partial charge in [-0.15, -0.1) is 0 Å². The van der Waals surface area contributed by atoms with Gasteiger partial charge < -0.3 is 20.3 Å². The van der Waals surface area contributed by atoms with Crippen LogP contribution in [0.3, 0.4) is 0 Å². The molecule has 2 aliphatic rings. The second kappa shape index (κ2) is 8.56. The van der Waals surface area contributed by atoms with E-state index in [9.17, 15) is 14.4 Å². The van der Waals surface area contributed by atoms with Crippen LogP contribution in [0.2, 0.25) is 0 Å². The van der Waals surface area contributed by atoms with Crippen molar-refractivity contribution in [2.75, 3.05) is 19.6 Å². The van der Waals surface area contributed by atoms with Crippen molar-refractivity contribution < 1.29 is 19.1 Å². The summed E-state index contributed by atoms with van der Waals surface area (Å²) in [7, 11) is 0. The molecule has 146 valence electrons. The molecule has 7 heteroatoms. The van der Waals surface area contributed by atoms with Gasteiger partial charge in [0, 0.05) is 31.6 Å². The molecule has 0 radical (unpaired) electrons. The van der Waals surface area contributed by atoms with Gasteiger partial charge in [0.1, 0.15) is 5.60 Å². The van der Waals surface area contributed by atoms with E-state index in [-0.39, 0.29) is 23.8 Å². The molecule has 0 aromatic heterocycles. The van der Waals surface area contributed by atoms with E-state index < -0.39 is 11.7 Å². The largest absolute Gasteiger partial charge is 0.444 e. The fourth-order valence-corrected chi connectivity index (χ4v) is 3.13. The second-order valence-electron chi connectivity index (χ2n) is 8.14. The lowest BCUT2D eigenvalue weighted by Gasteiger charge is -2.31. The van der Waals surface area contributed by atoms with Crippen LogP contribution in [-0.2, 0) is 14.3 Å². The molecule has 0 aromatic carbocycles. The van der Waals surface area contributed by atoms with E-state index in [1.165, 1.54) is 6.08 Å². The van der Waals surface area contributed by atoms with Crippen molar-refractivity contribution in [3.05, 3.63) is 12.7 Å². The van der Waals surface area contributed by atoms with Crippen LogP contribution in [0, 0.1) is 11.8 Å². The number of hydrogen-bond acceptors (Lipinski definition) is 4. The molecule has 1 atom stereocenters. The lowest BCUT2D eigenvalue weighted by molar-refractivity contribution is -0.132. The fourth-order valence-electron chi connectivity index (χ4n) is 3.13. The first-order chi connectivity index (χ1) is 12.2. The molecule has 2 rings (SSSR count). The van der Waals surface area contributed by atoms with Gasteiger partial charge in [-0.3, -0.25) is 9.59 Å². The standard InChI is InChI=1S/C19H31N3O4/c1-5-16(23)22-10-8-14(9-11-22)17(24)21-15(13-6-7-13)12-20-18(25)26-19(2,3)4/h5,13-15H,1,6-12H2,2-4H3,(H,20,25)(H,21,24). The third-order valence-electron chi connectivity index (χ3n) is 4.74. The van der Waals surface area contributed by atoms with Gasteiger partial charge in [0.15, 0.2) is 0 Å². The zero-order valence-electron chi connectivity index (χ0n) is 16.0. The molecule has 1 saturated heterocycles. The highest BCUT2D eigenvalue weighted by molar-refractivity contribution is 5.87. The molecule has 3 amide bonds. The number of carbonyl (C=O) groups excluding carboxylic acids is 3. The highest BCUT2D eigenvalue weighted by atomic mass is 16.6. The second-order valence-corrected chi connectivity index (χ2v) is 8.14. The minimum Gasteiger partial charge on any atom is -0.444 e. The monoisotopic (exact) mass is 365 g/mol. The predicted molar refractivity (Wildman–Crippen MR) is 98.4 cm³/mol. The number of hydrogen-bond donors (Lipinski definition) is 2. The van der Waals surface area contributed by atoms with Crippen LogP contribution in [0.1, 0.15) is 46.5 Å². The topological polar surface area (TPSA) is 87.7 Å². The summed E-state index contributed by atoms with van der Waals surface area (Å²) in [5, 5.41) is 5.85. The maximum absolute atomic E-state index is 12.6. The van der Waals surface area contributed by atoms with Gasteiger partial charge in [0.2, 0.25) is 11.8 Å². The van der Waals surface area contributed by atoms with Gasteiger partial charge in [0.25, 0.3) is 0 Å². The van der Waals surface area contributed by atoms with Crippen LogP contribution in [0.25, 0.3) is 0 Å². The summed E-state index contributed by atoms with van der Waals surface area (Å²) < 4.78 is 5.25. The van der Waals surface area contributed by atoms with E-state index in [4.69, 9.17) is 4.74 Å². The van der Waals surface area contributed by atoms with E-state index in [0.717, 1.165) is 12.8 Å². The number of nitrogens with zero attached hydrogens (tertiary/aromatic N) is 1. The Bertz CT molecular complexity index is 543. The van der Waals surface area contributed by atoms with Gasteiger partial charge in [-0.1, -0.05) is 6.58 Å². The molecule has 26 heavy (non-hydrogen) atoms. The molecule has 1 saturated carbocycles. The minimum absolute atomic E-state index is 0.0126. The number of ether oxygens (including phenoxy) is 1.